The summed E-state index contributed by atoms with van der Waals surface area (Å²) in [5.74, 6) is -0.311. The van der Waals surface area contributed by atoms with E-state index in [4.69, 9.17) is 0 Å². The predicted octanol–water partition coefficient (Wildman–Crippen LogP) is -0.239. The number of aliphatic hydroxyl groups excluding tert-OH is 1. The number of likely N-dealkylation sites (tertiary alicyclic amines) is 1. The van der Waals surface area contributed by atoms with E-state index in [1.54, 1.807) is 13.8 Å². The van der Waals surface area contributed by atoms with E-state index in [-0.39, 0.29) is 29.7 Å². The van der Waals surface area contributed by atoms with Gasteiger partial charge in [-0.1, -0.05) is 0 Å². The molecule has 4 nitrogen and oxygen atoms in total. The smallest absolute Gasteiger partial charge is 0.233 e. The van der Waals surface area contributed by atoms with Gasteiger partial charge in [-0.2, -0.15) is 0 Å². The average molecular weight is 183 g/mol. The van der Waals surface area contributed by atoms with Gasteiger partial charge >= 0.3 is 0 Å². The fourth-order valence-electron chi connectivity index (χ4n) is 1.82. The molecule has 0 bridgehead atoms. The van der Waals surface area contributed by atoms with Crippen LogP contribution in [0.4, 0.5) is 0 Å². The number of imide groups is 1. The summed E-state index contributed by atoms with van der Waals surface area (Å²) >= 11 is 0. The molecular formula is C9H13NO3. The van der Waals surface area contributed by atoms with Crippen molar-refractivity contribution in [1.29, 1.82) is 0 Å². The second-order valence-electron chi connectivity index (χ2n) is 3.98. The van der Waals surface area contributed by atoms with E-state index in [1.165, 1.54) is 4.90 Å². The number of fused-ring (bicyclic) bond motifs is 1. The van der Waals surface area contributed by atoms with Gasteiger partial charge in [0.2, 0.25) is 11.8 Å². The summed E-state index contributed by atoms with van der Waals surface area (Å²) in [6.07, 6.45) is 0.0751. The predicted molar refractivity (Wildman–Crippen MR) is 44.6 cm³/mol. The van der Waals surface area contributed by atoms with Crippen molar-refractivity contribution in [1.82, 2.24) is 4.90 Å². The quantitative estimate of drug-likeness (QED) is 0.601. The Morgan fingerprint density at radius 2 is 1.77 bits per heavy atom. The third-order valence-electron chi connectivity index (χ3n) is 3.01. The maximum atomic E-state index is 11.5. The first-order valence-corrected chi connectivity index (χ1v) is 4.59. The van der Waals surface area contributed by atoms with Crippen molar-refractivity contribution in [3.05, 3.63) is 0 Å². The van der Waals surface area contributed by atoms with Gasteiger partial charge in [-0.25, -0.2) is 0 Å². The number of piperidine rings is 1. The minimum Gasteiger partial charge on any atom is -0.391 e. The lowest BCUT2D eigenvalue weighted by atomic mass is 10.2. The highest BCUT2D eigenvalue weighted by atomic mass is 16.3. The average Bonchev–Trinajstić information content (AvgIpc) is 2.77. The standard InChI is InChI=1S/C9H13NO3/c1-4(5(2)11)10-8(12)6-3-7(6)9(10)13/h4-7,11H,3H2,1-2H3. The molecule has 2 fully saturated rings. The Labute approximate surface area is 76.5 Å². The number of amides is 2. The molecule has 2 rings (SSSR count). The maximum absolute atomic E-state index is 11.5. The van der Waals surface area contributed by atoms with Crippen molar-refractivity contribution in [2.75, 3.05) is 0 Å². The van der Waals surface area contributed by atoms with Gasteiger partial charge in [0.25, 0.3) is 0 Å². The van der Waals surface area contributed by atoms with Crippen LogP contribution in [0.1, 0.15) is 20.3 Å². The summed E-state index contributed by atoms with van der Waals surface area (Å²) < 4.78 is 0. The van der Waals surface area contributed by atoms with Crippen LogP contribution in [0.5, 0.6) is 0 Å². The van der Waals surface area contributed by atoms with E-state index in [9.17, 15) is 14.7 Å². The number of aliphatic hydroxyl groups is 1. The minimum atomic E-state index is -0.648. The molecule has 0 radical (unpaired) electrons. The summed E-state index contributed by atoms with van der Waals surface area (Å²) in [7, 11) is 0. The Bertz CT molecular complexity index is 254. The number of rotatable bonds is 2. The Morgan fingerprint density at radius 3 is 2.15 bits per heavy atom. The van der Waals surface area contributed by atoms with Crippen LogP contribution in [0.2, 0.25) is 0 Å². The molecule has 0 aromatic carbocycles. The van der Waals surface area contributed by atoms with Crippen LogP contribution in [0.25, 0.3) is 0 Å². The van der Waals surface area contributed by atoms with E-state index in [1.807, 2.05) is 0 Å². The zero-order chi connectivity index (χ0) is 9.75. The molecule has 72 valence electrons. The van der Waals surface area contributed by atoms with Gasteiger partial charge in [-0.3, -0.25) is 14.5 Å². The van der Waals surface area contributed by atoms with Crippen LogP contribution in [-0.2, 0) is 9.59 Å². The summed E-state index contributed by atoms with van der Waals surface area (Å²) in [6.45, 7) is 3.29. The molecule has 4 atom stereocenters. The van der Waals surface area contributed by atoms with Crippen LogP contribution < -0.4 is 0 Å². The van der Waals surface area contributed by atoms with Crippen LogP contribution >= 0.6 is 0 Å². The minimum absolute atomic E-state index is 0.0614. The van der Waals surface area contributed by atoms with E-state index in [0.717, 1.165) is 6.42 Å². The topological polar surface area (TPSA) is 57.6 Å². The van der Waals surface area contributed by atoms with Gasteiger partial charge in [0.05, 0.1) is 24.0 Å². The largest absolute Gasteiger partial charge is 0.391 e. The molecule has 1 heterocycles. The second kappa shape index (κ2) is 2.54. The SMILES string of the molecule is CC(O)C(C)N1C(=O)C2CC2C1=O. The van der Waals surface area contributed by atoms with Gasteiger partial charge in [-0.15, -0.1) is 0 Å². The van der Waals surface area contributed by atoms with Crippen molar-refractivity contribution >= 4 is 11.8 Å². The van der Waals surface area contributed by atoms with E-state index >= 15 is 0 Å². The molecule has 4 heteroatoms. The van der Waals surface area contributed by atoms with E-state index in [0.29, 0.717) is 0 Å². The van der Waals surface area contributed by atoms with Crippen molar-refractivity contribution in [2.45, 2.75) is 32.4 Å². The van der Waals surface area contributed by atoms with Crippen molar-refractivity contribution in [3.8, 4) is 0 Å². The zero-order valence-corrected chi connectivity index (χ0v) is 7.73. The Hall–Kier alpha value is -0.900. The van der Waals surface area contributed by atoms with Gasteiger partial charge in [0, 0.05) is 0 Å². The normalized spacial score (nSPS) is 36.1. The Balaban J connectivity index is 2.16. The van der Waals surface area contributed by atoms with Crippen LogP contribution in [0, 0.1) is 11.8 Å². The second-order valence-corrected chi connectivity index (χ2v) is 3.98. The van der Waals surface area contributed by atoms with Gasteiger partial charge in [0.1, 0.15) is 0 Å². The molecule has 2 amide bonds. The first-order chi connectivity index (χ1) is 6.04. The number of nitrogens with zero attached hydrogens (tertiary/aromatic N) is 1. The third-order valence-corrected chi connectivity index (χ3v) is 3.01. The first kappa shape index (κ1) is 8.69. The lowest BCUT2D eigenvalue weighted by molar-refractivity contribution is -0.146. The third kappa shape index (κ3) is 1.09. The lowest BCUT2D eigenvalue weighted by Gasteiger charge is -2.26. The molecule has 2 aliphatic rings. The van der Waals surface area contributed by atoms with Crippen molar-refractivity contribution < 1.29 is 14.7 Å². The highest BCUT2D eigenvalue weighted by molar-refractivity contribution is 6.09. The van der Waals surface area contributed by atoms with Gasteiger partial charge in [0.15, 0.2) is 0 Å². The molecule has 1 aliphatic heterocycles. The maximum Gasteiger partial charge on any atom is 0.233 e. The molecule has 1 aliphatic carbocycles. The van der Waals surface area contributed by atoms with Gasteiger partial charge in [-0.05, 0) is 20.3 Å². The summed E-state index contributed by atoms with van der Waals surface area (Å²) in [4.78, 5) is 24.2. The molecule has 1 N–H and O–H groups in total. The molecule has 1 saturated carbocycles. The fourth-order valence-corrected chi connectivity index (χ4v) is 1.82. The summed E-state index contributed by atoms with van der Waals surface area (Å²) in [5.41, 5.74) is 0. The monoisotopic (exact) mass is 183 g/mol. The molecule has 0 spiro atoms. The van der Waals surface area contributed by atoms with E-state index < -0.39 is 6.10 Å². The highest BCUT2D eigenvalue weighted by Crippen LogP contribution is 2.47. The number of carbonyl (C=O) groups is 2. The number of hydrogen-bond donors (Lipinski definition) is 1. The molecule has 0 aromatic heterocycles. The Morgan fingerprint density at radius 1 is 1.31 bits per heavy atom. The van der Waals surface area contributed by atoms with Crippen LogP contribution in [0.15, 0.2) is 0 Å². The van der Waals surface area contributed by atoms with Crippen LogP contribution in [-0.4, -0.2) is 34.0 Å². The molecule has 13 heavy (non-hydrogen) atoms. The van der Waals surface area contributed by atoms with E-state index in [2.05, 4.69) is 0 Å². The highest BCUT2D eigenvalue weighted by Gasteiger charge is 2.60. The lowest BCUT2D eigenvalue weighted by Crippen LogP contribution is -2.45. The molecule has 0 aromatic rings. The zero-order valence-electron chi connectivity index (χ0n) is 7.73. The number of carbonyl (C=O) groups excluding carboxylic acids is 2. The summed E-state index contributed by atoms with van der Waals surface area (Å²) in [5, 5.41) is 9.27. The van der Waals surface area contributed by atoms with Crippen molar-refractivity contribution in [3.63, 3.8) is 0 Å². The fraction of sp³-hybridized carbons (Fsp3) is 0.778. The summed E-state index contributed by atoms with van der Waals surface area (Å²) in [6, 6.07) is -0.382. The van der Waals surface area contributed by atoms with Crippen molar-refractivity contribution in [2.24, 2.45) is 11.8 Å². The first-order valence-electron chi connectivity index (χ1n) is 4.59. The molecular weight excluding hydrogens is 170 g/mol. The number of hydrogen-bond acceptors (Lipinski definition) is 3. The van der Waals surface area contributed by atoms with Crippen LogP contribution in [0.3, 0.4) is 0 Å². The Kier molecular flexibility index (Phi) is 1.70. The van der Waals surface area contributed by atoms with Gasteiger partial charge < -0.3 is 5.11 Å². The molecule has 1 saturated heterocycles. The molecule has 4 unspecified atom stereocenters.